The van der Waals surface area contributed by atoms with Crippen LogP contribution in [0.5, 0.6) is 17.2 Å². The number of hydrogen-bond acceptors (Lipinski definition) is 5. The van der Waals surface area contributed by atoms with Crippen LogP contribution in [0.15, 0.2) is 48.5 Å². The third-order valence-corrected chi connectivity index (χ3v) is 4.76. The lowest BCUT2D eigenvalue weighted by Crippen LogP contribution is -2.49. The molecule has 168 valence electrons. The van der Waals surface area contributed by atoms with Crippen LogP contribution in [-0.4, -0.2) is 50.1 Å². The molecule has 0 radical (unpaired) electrons. The number of hydrogen-bond donors (Lipinski definition) is 1. The molecule has 31 heavy (non-hydrogen) atoms. The van der Waals surface area contributed by atoms with E-state index in [-0.39, 0.29) is 25.0 Å². The van der Waals surface area contributed by atoms with Crippen molar-refractivity contribution in [1.82, 2.24) is 10.2 Å². The van der Waals surface area contributed by atoms with Crippen molar-refractivity contribution >= 4 is 11.8 Å². The number of ether oxygens (including phenoxy) is 3. The average Bonchev–Trinajstić information content (AvgIpc) is 2.79. The molecule has 1 atom stereocenters. The van der Waals surface area contributed by atoms with Gasteiger partial charge in [0, 0.05) is 13.1 Å². The van der Waals surface area contributed by atoms with Gasteiger partial charge in [0.05, 0.1) is 14.2 Å². The Morgan fingerprint density at radius 1 is 0.968 bits per heavy atom. The van der Waals surface area contributed by atoms with Crippen LogP contribution in [0.1, 0.15) is 26.3 Å². The van der Waals surface area contributed by atoms with Crippen LogP contribution < -0.4 is 19.5 Å². The largest absolute Gasteiger partial charge is 0.497 e. The van der Waals surface area contributed by atoms with Gasteiger partial charge in [-0.25, -0.2) is 0 Å². The number of para-hydroxylation sites is 2. The van der Waals surface area contributed by atoms with E-state index in [4.69, 9.17) is 14.2 Å². The molecule has 0 heterocycles. The molecule has 2 aromatic carbocycles. The number of benzene rings is 2. The van der Waals surface area contributed by atoms with Gasteiger partial charge in [0.2, 0.25) is 5.91 Å². The Hall–Kier alpha value is -3.22. The van der Waals surface area contributed by atoms with Crippen molar-refractivity contribution < 1.29 is 23.8 Å². The minimum Gasteiger partial charge on any atom is -0.497 e. The van der Waals surface area contributed by atoms with Gasteiger partial charge < -0.3 is 24.4 Å². The highest BCUT2D eigenvalue weighted by molar-refractivity contribution is 5.88. The molecule has 1 N–H and O–H groups in total. The second-order valence-corrected chi connectivity index (χ2v) is 7.63. The zero-order valence-electron chi connectivity index (χ0n) is 18.9. The second kappa shape index (κ2) is 11.8. The summed E-state index contributed by atoms with van der Waals surface area (Å²) in [6.07, 6.45) is 0. The Bertz CT molecular complexity index is 869. The maximum atomic E-state index is 13.1. The van der Waals surface area contributed by atoms with Gasteiger partial charge in [-0.15, -0.1) is 0 Å². The summed E-state index contributed by atoms with van der Waals surface area (Å²) >= 11 is 0. The van der Waals surface area contributed by atoms with E-state index < -0.39 is 6.04 Å². The summed E-state index contributed by atoms with van der Waals surface area (Å²) in [4.78, 5) is 27.3. The first-order valence-corrected chi connectivity index (χ1v) is 10.3. The Morgan fingerprint density at radius 2 is 1.68 bits per heavy atom. The average molecular weight is 429 g/mol. The predicted molar refractivity (Wildman–Crippen MR) is 119 cm³/mol. The molecule has 1 unspecified atom stereocenters. The topological polar surface area (TPSA) is 77.1 Å². The van der Waals surface area contributed by atoms with Crippen molar-refractivity contribution in [2.75, 3.05) is 27.4 Å². The van der Waals surface area contributed by atoms with E-state index in [0.29, 0.717) is 29.7 Å². The van der Waals surface area contributed by atoms with E-state index in [2.05, 4.69) is 5.32 Å². The molecule has 0 aliphatic carbocycles. The van der Waals surface area contributed by atoms with Gasteiger partial charge in [-0.2, -0.15) is 0 Å². The molecular formula is C24H32N2O5. The van der Waals surface area contributed by atoms with Gasteiger partial charge in [0.1, 0.15) is 11.8 Å². The first-order chi connectivity index (χ1) is 14.8. The molecule has 0 spiro atoms. The summed E-state index contributed by atoms with van der Waals surface area (Å²) in [5.41, 5.74) is 0.855. The first-order valence-electron chi connectivity index (χ1n) is 10.3. The van der Waals surface area contributed by atoms with Crippen LogP contribution in [0, 0.1) is 5.92 Å². The van der Waals surface area contributed by atoms with E-state index >= 15 is 0 Å². The summed E-state index contributed by atoms with van der Waals surface area (Å²) < 4.78 is 16.3. The summed E-state index contributed by atoms with van der Waals surface area (Å²) in [5.74, 6) is 1.50. The number of rotatable bonds is 11. The Balaban J connectivity index is 2.18. The summed E-state index contributed by atoms with van der Waals surface area (Å²) in [7, 11) is 3.13. The monoisotopic (exact) mass is 428 g/mol. The van der Waals surface area contributed by atoms with E-state index in [9.17, 15) is 9.59 Å². The number of nitrogens with zero attached hydrogens (tertiary/aromatic N) is 1. The quantitative estimate of drug-likeness (QED) is 0.594. The van der Waals surface area contributed by atoms with E-state index in [0.717, 1.165) is 5.56 Å². The Kier molecular flexibility index (Phi) is 9.18. The highest BCUT2D eigenvalue weighted by Gasteiger charge is 2.27. The minimum atomic E-state index is -0.668. The molecule has 7 heteroatoms. The lowest BCUT2D eigenvalue weighted by molar-refractivity contribution is -0.142. The van der Waals surface area contributed by atoms with Crippen LogP contribution in [-0.2, 0) is 16.1 Å². The van der Waals surface area contributed by atoms with Crippen LogP contribution in [0.4, 0.5) is 0 Å². The van der Waals surface area contributed by atoms with Crippen LogP contribution in [0.25, 0.3) is 0 Å². The van der Waals surface area contributed by atoms with Crippen LogP contribution in [0.2, 0.25) is 0 Å². The SMILES string of the molecule is COc1cccc(CN(C(=O)COc2ccccc2OC)C(C)C(=O)NCC(C)C)c1. The number of carbonyl (C=O) groups is 2. The summed E-state index contributed by atoms with van der Waals surface area (Å²) in [6.45, 7) is 6.34. The molecule has 2 aromatic rings. The molecule has 0 fully saturated rings. The first kappa shape index (κ1) is 24.1. The van der Waals surface area contributed by atoms with Gasteiger partial charge in [-0.05, 0) is 42.7 Å². The fourth-order valence-electron chi connectivity index (χ4n) is 2.96. The molecule has 0 aliphatic rings. The zero-order valence-corrected chi connectivity index (χ0v) is 18.9. The van der Waals surface area contributed by atoms with Crippen molar-refractivity contribution in [2.24, 2.45) is 5.92 Å². The Labute approximate surface area is 184 Å². The number of amides is 2. The second-order valence-electron chi connectivity index (χ2n) is 7.63. The van der Waals surface area contributed by atoms with Crippen LogP contribution >= 0.6 is 0 Å². The zero-order chi connectivity index (χ0) is 22.8. The summed E-state index contributed by atoms with van der Waals surface area (Å²) in [5, 5.41) is 2.90. The van der Waals surface area contributed by atoms with E-state index in [1.165, 1.54) is 4.90 Å². The lowest BCUT2D eigenvalue weighted by Gasteiger charge is -2.29. The van der Waals surface area contributed by atoms with E-state index in [1.54, 1.807) is 39.3 Å². The van der Waals surface area contributed by atoms with Crippen molar-refractivity contribution in [1.29, 1.82) is 0 Å². The normalized spacial score (nSPS) is 11.5. The number of carbonyl (C=O) groups excluding carboxylic acids is 2. The highest BCUT2D eigenvalue weighted by Crippen LogP contribution is 2.26. The molecule has 0 bridgehead atoms. The fraction of sp³-hybridized carbons (Fsp3) is 0.417. The third-order valence-electron chi connectivity index (χ3n) is 4.76. The standard InChI is InChI=1S/C24H32N2O5/c1-17(2)14-25-24(28)18(3)26(15-19-9-8-10-20(13-19)29-4)23(27)16-31-22-12-7-6-11-21(22)30-5/h6-13,17-18H,14-16H2,1-5H3,(H,25,28). The van der Waals surface area contributed by atoms with Crippen LogP contribution in [0.3, 0.4) is 0 Å². The number of methoxy groups -OCH3 is 2. The highest BCUT2D eigenvalue weighted by atomic mass is 16.5. The maximum absolute atomic E-state index is 13.1. The molecule has 0 aliphatic heterocycles. The predicted octanol–water partition coefficient (Wildman–Crippen LogP) is 3.27. The number of nitrogens with one attached hydrogen (secondary N) is 1. The molecular weight excluding hydrogens is 396 g/mol. The van der Waals surface area contributed by atoms with Gasteiger partial charge in [-0.3, -0.25) is 9.59 Å². The van der Waals surface area contributed by atoms with Gasteiger partial charge in [0.25, 0.3) is 5.91 Å². The molecule has 2 rings (SSSR count). The van der Waals surface area contributed by atoms with Gasteiger partial charge in [0.15, 0.2) is 18.1 Å². The van der Waals surface area contributed by atoms with Crippen molar-refractivity contribution in [3.8, 4) is 17.2 Å². The summed E-state index contributed by atoms with van der Waals surface area (Å²) in [6, 6.07) is 13.9. The Morgan fingerprint density at radius 3 is 2.32 bits per heavy atom. The lowest BCUT2D eigenvalue weighted by atomic mass is 10.1. The van der Waals surface area contributed by atoms with Gasteiger partial charge in [-0.1, -0.05) is 38.1 Å². The third kappa shape index (κ3) is 7.20. The van der Waals surface area contributed by atoms with Crippen molar-refractivity contribution in [3.05, 3.63) is 54.1 Å². The molecule has 0 aromatic heterocycles. The molecule has 7 nitrogen and oxygen atoms in total. The van der Waals surface area contributed by atoms with Crippen molar-refractivity contribution in [3.63, 3.8) is 0 Å². The molecule has 0 saturated heterocycles. The fourth-order valence-corrected chi connectivity index (χ4v) is 2.96. The molecule has 2 amide bonds. The van der Waals surface area contributed by atoms with Crippen molar-refractivity contribution in [2.45, 2.75) is 33.4 Å². The van der Waals surface area contributed by atoms with Gasteiger partial charge >= 0.3 is 0 Å². The maximum Gasteiger partial charge on any atom is 0.261 e. The molecule has 0 saturated carbocycles. The smallest absolute Gasteiger partial charge is 0.261 e. The van der Waals surface area contributed by atoms with E-state index in [1.807, 2.05) is 44.2 Å². The minimum absolute atomic E-state index is 0.206.